The fourth-order valence-electron chi connectivity index (χ4n) is 1.18. The minimum absolute atomic E-state index is 0.0569. The van der Waals surface area contributed by atoms with Crippen molar-refractivity contribution in [1.29, 1.82) is 0 Å². The molecule has 0 amide bonds. The Morgan fingerprint density at radius 2 is 1.44 bits per heavy atom. The number of carbonyl (C=O) groups excluding carboxylic acids is 4. The van der Waals surface area contributed by atoms with Gasteiger partial charge in [0.1, 0.15) is 6.42 Å². The predicted molar refractivity (Wildman–Crippen MR) is 57.4 cm³/mol. The van der Waals surface area contributed by atoms with E-state index in [9.17, 15) is 24.0 Å². The molecule has 18 heavy (non-hydrogen) atoms. The zero-order valence-corrected chi connectivity index (χ0v) is 10.1. The fourth-order valence-corrected chi connectivity index (χ4v) is 1.18. The Kier molecular flexibility index (Phi) is 6.48. The Bertz CT molecular complexity index is 367. The summed E-state index contributed by atoms with van der Waals surface area (Å²) in [6.07, 6.45) is -1.11. The number of carboxylic acids is 1. The van der Waals surface area contributed by atoms with Gasteiger partial charge in [0.15, 0.2) is 17.5 Å². The zero-order valence-electron chi connectivity index (χ0n) is 10.1. The van der Waals surface area contributed by atoms with Crippen LogP contribution < -0.4 is 0 Å². The summed E-state index contributed by atoms with van der Waals surface area (Å²) in [5.74, 6) is -7.03. The number of hydrogen-bond donors (Lipinski definition) is 1. The second kappa shape index (κ2) is 7.31. The molecule has 0 unspecified atom stereocenters. The Morgan fingerprint density at radius 3 is 1.78 bits per heavy atom. The highest BCUT2D eigenvalue weighted by atomic mass is 16.6. The van der Waals surface area contributed by atoms with Gasteiger partial charge in [-0.15, -0.1) is 0 Å². The Balaban J connectivity index is 4.77. The molecule has 0 heterocycles. The van der Waals surface area contributed by atoms with Crippen LogP contribution in [0.2, 0.25) is 0 Å². The number of rotatable bonds is 7. The first kappa shape index (κ1) is 16.0. The molecule has 0 aromatic heterocycles. The van der Waals surface area contributed by atoms with Crippen molar-refractivity contribution in [3.63, 3.8) is 0 Å². The first-order chi connectivity index (χ1) is 8.33. The van der Waals surface area contributed by atoms with Crippen molar-refractivity contribution >= 4 is 29.5 Å². The van der Waals surface area contributed by atoms with E-state index in [2.05, 4.69) is 4.74 Å². The number of ketones is 2. The van der Waals surface area contributed by atoms with E-state index in [1.54, 1.807) is 0 Å². The number of carboxylic acid groups (broad SMARTS) is 1. The van der Waals surface area contributed by atoms with Crippen LogP contribution in [0.4, 0.5) is 0 Å². The maximum absolute atomic E-state index is 11.5. The molecule has 0 spiro atoms. The van der Waals surface area contributed by atoms with E-state index >= 15 is 0 Å². The molecule has 0 atom stereocenters. The monoisotopic (exact) mass is 258 g/mol. The van der Waals surface area contributed by atoms with Crippen molar-refractivity contribution in [2.75, 3.05) is 0 Å². The van der Waals surface area contributed by atoms with Crippen LogP contribution in [0, 0.1) is 5.92 Å². The minimum Gasteiger partial charge on any atom is -0.481 e. The third-order valence-corrected chi connectivity index (χ3v) is 2.09. The lowest BCUT2D eigenvalue weighted by atomic mass is 9.96. The molecule has 7 heteroatoms. The minimum atomic E-state index is -1.64. The van der Waals surface area contributed by atoms with Gasteiger partial charge in [-0.3, -0.25) is 24.0 Å². The quantitative estimate of drug-likeness (QED) is 0.508. The maximum atomic E-state index is 11.5. The topological polar surface area (TPSA) is 115 Å². The van der Waals surface area contributed by atoms with Crippen LogP contribution in [-0.2, 0) is 28.7 Å². The zero-order chi connectivity index (χ0) is 14.3. The summed E-state index contributed by atoms with van der Waals surface area (Å²) in [7, 11) is 0. The van der Waals surface area contributed by atoms with Crippen LogP contribution in [0.3, 0.4) is 0 Å². The van der Waals surface area contributed by atoms with Gasteiger partial charge >= 0.3 is 17.9 Å². The van der Waals surface area contributed by atoms with E-state index in [0.717, 1.165) is 0 Å². The summed E-state index contributed by atoms with van der Waals surface area (Å²) in [6, 6.07) is 0. The first-order valence-corrected chi connectivity index (χ1v) is 5.35. The van der Waals surface area contributed by atoms with Crippen molar-refractivity contribution in [2.24, 2.45) is 5.92 Å². The molecular formula is C11H14O7. The lowest BCUT2D eigenvalue weighted by Crippen LogP contribution is -2.34. The van der Waals surface area contributed by atoms with Gasteiger partial charge in [-0.2, -0.15) is 0 Å². The molecule has 0 saturated heterocycles. The van der Waals surface area contributed by atoms with Gasteiger partial charge in [-0.1, -0.05) is 13.8 Å². The molecule has 0 rings (SSSR count). The van der Waals surface area contributed by atoms with E-state index < -0.39 is 41.8 Å². The fraction of sp³-hybridized carbons (Fsp3) is 0.545. The van der Waals surface area contributed by atoms with Crippen LogP contribution in [0.15, 0.2) is 0 Å². The summed E-state index contributed by atoms with van der Waals surface area (Å²) in [5, 5.41) is 8.30. The van der Waals surface area contributed by atoms with Crippen molar-refractivity contribution in [2.45, 2.75) is 33.1 Å². The number of hydrogen-bond acceptors (Lipinski definition) is 6. The lowest BCUT2D eigenvalue weighted by Gasteiger charge is -2.10. The van der Waals surface area contributed by atoms with Gasteiger partial charge in [-0.05, 0) is 0 Å². The van der Waals surface area contributed by atoms with Crippen molar-refractivity contribution < 1.29 is 33.8 Å². The average Bonchev–Trinajstić information content (AvgIpc) is 2.27. The molecule has 0 radical (unpaired) electrons. The molecule has 0 saturated carbocycles. The van der Waals surface area contributed by atoms with Crippen molar-refractivity contribution in [1.82, 2.24) is 0 Å². The van der Waals surface area contributed by atoms with Crippen molar-refractivity contribution in [3.05, 3.63) is 0 Å². The summed E-state index contributed by atoms with van der Waals surface area (Å²) in [4.78, 5) is 55.4. The number of esters is 2. The normalized spacial score (nSPS) is 9.94. The molecule has 0 aliphatic carbocycles. The van der Waals surface area contributed by atoms with Crippen molar-refractivity contribution in [3.8, 4) is 0 Å². The predicted octanol–water partition coefficient (Wildman–Crippen LogP) is 0.105. The molecule has 100 valence electrons. The van der Waals surface area contributed by atoms with E-state index in [0.29, 0.717) is 0 Å². The van der Waals surface area contributed by atoms with Gasteiger partial charge < -0.3 is 9.84 Å². The van der Waals surface area contributed by atoms with Crippen LogP contribution in [0.25, 0.3) is 0 Å². The third kappa shape index (κ3) is 4.86. The standard InChI is InChI=1S/C11H14O7/c1-3-6(12)10(7(13)4-2)11(17)18-9(16)5-8(14)15/h10H,3-5H2,1-2H3,(H,14,15). The highest BCUT2D eigenvalue weighted by molar-refractivity contribution is 6.18. The SMILES string of the molecule is CCC(=O)C(C(=O)CC)C(=O)OC(=O)CC(=O)O. The number of carbonyl (C=O) groups is 5. The Morgan fingerprint density at radius 1 is 1.00 bits per heavy atom. The number of Topliss-reactive ketones (excluding diaryl/α,β-unsaturated/α-hetero) is 2. The van der Waals surface area contributed by atoms with Crippen LogP contribution in [0.1, 0.15) is 33.1 Å². The average molecular weight is 258 g/mol. The van der Waals surface area contributed by atoms with Gasteiger partial charge in [-0.25, -0.2) is 0 Å². The molecule has 1 N–H and O–H groups in total. The van der Waals surface area contributed by atoms with Gasteiger partial charge in [0, 0.05) is 12.8 Å². The molecule has 0 aliphatic heterocycles. The lowest BCUT2D eigenvalue weighted by molar-refractivity contribution is -0.165. The Labute approximate surface area is 103 Å². The van der Waals surface area contributed by atoms with E-state index in [-0.39, 0.29) is 12.8 Å². The first-order valence-electron chi connectivity index (χ1n) is 5.35. The van der Waals surface area contributed by atoms with Crippen LogP contribution >= 0.6 is 0 Å². The summed E-state index contributed by atoms with van der Waals surface area (Å²) in [6.45, 7) is 2.93. The van der Waals surface area contributed by atoms with Gasteiger partial charge in [0.25, 0.3) is 0 Å². The van der Waals surface area contributed by atoms with E-state index in [4.69, 9.17) is 5.11 Å². The van der Waals surface area contributed by atoms with Crippen LogP contribution in [0.5, 0.6) is 0 Å². The summed E-state index contributed by atoms with van der Waals surface area (Å²) < 4.78 is 4.17. The molecular weight excluding hydrogens is 244 g/mol. The molecule has 0 bridgehead atoms. The largest absolute Gasteiger partial charge is 0.481 e. The van der Waals surface area contributed by atoms with Crippen LogP contribution in [-0.4, -0.2) is 34.6 Å². The molecule has 0 fully saturated rings. The maximum Gasteiger partial charge on any atom is 0.331 e. The van der Waals surface area contributed by atoms with E-state index in [1.807, 2.05) is 0 Å². The third-order valence-electron chi connectivity index (χ3n) is 2.09. The molecule has 0 aromatic rings. The second-order valence-corrected chi connectivity index (χ2v) is 3.44. The number of aliphatic carboxylic acids is 1. The summed E-state index contributed by atoms with van der Waals surface area (Å²) >= 11 is 0. The highest BCUT2D eigenvalue weighted by Gasteiger charge is 2.34. The second-order valence-electron chi connectivity index (χ2n) is 3.44. The van der Waals surface area contributed by atoms with E-state index in [1.165, 1.54) is 13.8 Å². The van der Waals surface area contributed by atoms with Gasteiger partial charge in [0.2, 0.25) is 0 Å². The summed E-state index contributed by atoms with van der Waals surface area (Å²) in [5.41, 5.74) is 0. The number of ether oxygens (including phenoxy) is 1. The Hall–Kier alpha value is -2.05. The molecule has 0 aliphatic rings. The highest BCUT2D eigenvalue weighted by Crippen LogP contribution is 2.09. The molecule has 7 nitrogen and oxygen atoms in total. The smallest absolute Gasteiger partial charge is 0.331 e. The molecule has 0 aromatic carbocycles. The van der Waals surface area contributed by atoms with Gasteiger partial charge in [0.05, 0.1) is 0 Å².